The molecular weight excluding hydrogens is 276 g/mol. The van der Waals surface area contributed by atoms with E-state index in [1.807, 2.05) is 54.6 Å². The third kappa shape index (κ3) is 3.30. The van der Waals surface area contributed by atoms with Crippen LogP contribution in [0.15, 0.2) is 59.5 Å². The van der Waals surface area contributed by atoms with Gasteiger partial charge in [-0.15, -0.1) is 11.8 Å². The van der Waals surface area contributed by atoms with Gasteiger partial charge in [0.1, 0.15) is 5.54 Å². The third-order valence-corrected chi connectivity index (χ3v) is 4.49. The summed E-state index contributed by atoms with van der Waals surface area (Å²) in [5, 5.41) is 10.0. The summed E-state index contributed by atoms with van der Waals surface area (Å²) in [6.45, 7) is 0. The van der Waals surface area contributed by atoms with Crippen LogP contribution in [0.5, 0.6) is 0 Å². The van der Waals surface area contributed by atoms with Gasteiger partial charge in [-0.3, -0.25) is 0 Å². The maximum absolute atomic E-state index is 9.36. The Bertz CT molecular complexity index is 595. The molecule has 0 amide bonds. The second kappa shape index (κ2) is 6.12. The first-order valence-corrected chi connectivity index (χ1v) is 7.15. The molecule has 0 saturated heterocycles. The minimum Gasteiger partial charge on any atom is -0.309 e. The lowest BCUT2D eigenvalue weighted by molar-refractivity contribution is 0.659. The summed E-state index contributed by atoms with van der Waals surface area (Å²) in [5.41, 5.74) is 6.00. The Hall–Kier alpha value is -1.47. The molecule has 4 heteroatoms. The summed E-state index contributed by atoms with van der Waals surface area (Å²) in [5.74, 6) is 0.456. The molecule has 0 spiro atoms. The Morgan fingerprint density at radius 2 is 1.74 bits per heavy atom. The SMILES string of the molecule is N#CC(N)(CSc1ccccc1Cl)c1ccccc1. The van der Waals surface area contributed by atoms with Crippen LogP contribution in [0.3, 0.4) is 0 Å². The number of halogens is 1. The van der Waals surface area contributed by atoms with Gasteiger partial charge in [0.2, 0.25) is 0 Å². The van der Waals surface area contributed by atoms with Crippen LogP contribution < -0.4 is 5.73 Å². The van der Waals surface area contributed by atoms with Crippen molar-refractivity contribution in [1.82, 2.24) is 0 Å². The van der Waals surface area contributed by atoms with Crippen molar-refractivity contribution in [3.63, 3.8) is 0 Å². The minimum atomic E-state index is -1.01. The molecule has 0 fully saturated rings. The number of nitriles is 1. The highest BCUT2D eigenvalue weighted by Gasteiger charge is 2.27. The maximum atomic E-state index is 9.36. The number of benzene rings is 2. The van der Waals surface area contributed by atoms with E-state index in [4.69, 9.17) is 17.3 Å². The van der Waals surface area contributed by atoms with Crippen LogP contribution in [0.1, 0.15) is 5.56 Å². The van der Waals surface area contributed by atoms with E-state index >= 15 is 0 Å². The molecule has 0 aliphatic heterocycles. The molecule has 2 aromatic carbocycles. The lowest BCUT2D eigenvalue weighted by atomic mass is 9.95. The van der Waals surface area contributed by atoms with Crippen molar-refractivity contribution in [3.8, 4) is 6.07 Å². The van der Waals surface area contributed by atoms with Crippen LogP contribution in [-0.2, 0) is 5.54 Å². The number of nitrogens with zero attached hydrogens (tertiary/aromatic N) is 1. The first-order chi connectivity index (χ1) is 9.15. The number of thioether (sulfide) groups is 1. The zero-order chi connectivity index (χ0) is 13.7. The van der Waals surface area contributed by atoms with E-state index in [9.17, 15) is 5.26 Å². The molecule has 0 aliphatic carbocycles. The zero-order valence-electron chi connectivity index (χ0n) is 10.2. The van der Waals surface area contributed by atoms with Crippen molar-refractivity contribution in [1.29, 1.82) is 5.26 Å². The molecule has 96 valence electrons. The van der Waals surface area contributed by atoms with Crippen LogP contribution in [0, 0.1) is 11.3 Å². The van der Waals surface area contributed by atoms with E-state index in [2.05, 4.69) is 6.07 Å². The highest BCUT2D eigenvalue weighted by molar-refractivity contribution is 7.99. The van der Waals surface area contributed by atoms with Gasteiger partial charge in [-0.1, -0.05) is 54.1 Å². The Balaban J connectivity index is 2.17. The van der Waals surface area contributed by atoms with Gasteiger partial charge in [-0.25, -0.2) is 0 Å². The fourth-order valence-electron chi connectivity index (χ4n) is 1.67. The zero-order valence-corrected chi connectivity index (χ0v) is 11.8. The molecule has 1 atom stereocenters. The largest absolute Gasteiger partial charge is 0.309 e. The second-order valence-corrected chi connectivity index (χ2v) is 5.59. The molecule has 2 rings (SSSR count). The Kier molecular flexibility index (Phi) is 4.49. The van der Waals surface area contributed by atoms with Crippen LogP contribution in [0.25, 0.3) is 0 Å². The van der Waals surface area contributed by atoms with Crippen LogP contribution in [-0.4, -0.2) is 5.75 Å². The molecule has 1 unspecified atom stereocenters. The standard InChI is InChI=1S/C15H13ClN2S/c16-13-8-4-5-9-14(13)19-11-15(18,10-17)12-6-2-1-3-7-12/h1-9H,11,18H2. The van der Waals surface area contributed by atoms with Gasteiger partial charge in [-0.2, -0.15) is 5.26 Å². The lowest BCUT2D eigenvalue weighted by Crippen LogP contribution is -2.37. The quantitative estimate of drug-likeness (QED) is 0.870. The molecule has 0 saturated carbocycles. The van der Waals surface area contributed by atoms with Gasteiger partial charge in [-0.05, 0) is 17.7 Å². The topological polar surface area (TPSA) is 49.8 Å². The monoisotopic (exact) mass is 288 g/mol. The van der Waals surface area contributed by atoms with E-state index in [0.29, 0.717) is 10.8 Å². The summed E-state index contributed by atoms with van der Waals surface area (Å²) in [6.07, 6.45) is 0. The van der Waals surface area contributed by atoms with E-state index in [-0.39, 0.29) is 0 Å². The van der Waals surface area contributed by atoms with E-state index in [1.165, 1.54) is 11.8 Å². The summed E-state index contributed by atoms with van der Waals surface area (Å²) in [6, 6.07) is 19.2. The molecule has 0 heterocycles. The van der Waals surface area contributed by atoms with Gasteiger partial charge in [0.15, 0.2) is 0 Å². The van der Waals surface area contributed by atoms with Crippen LogP contribution >= 0.6 is 23.4 Å². The van der Waals surface area contributed by atoms with Gasteiger partial charge in [0, 0.05) is 10.6 Å². The van der Waals surface area contributed by atoms with Crippen LogP contribution in [0.4, 0.5) is 0 Å². The summed E-state index contributed by atoms with van der Waals surface area (Å²) in [4.78, 5) is 0.935. The Morgan fingerprint density at radius 1 is 1.11 bits per heavy atom. The normalized spacial score (nSPS) is 13.5. The van der Waals surface area contributed by atoms with Crippen molar-refractivity contribution in [2.45, 2.75) is 10.4 Å². The number of rotatable bonds is 4. The highest BCUT2D eigenvalue weighted by atomic mass is 35.5. The predicted octanol–water partition coefficient (Wildman–Crippen LogP) is 3.81. The van der Waals surface area contributed by atoms with Crippen molar-refractivity contribution >= 4 is 23.4 Å². The number of hydrogen-bond donors (Lipinski definition) is 1. The van der Waals surface area contributed by atoms with Gasteiger partial charge >= 0.3 is 0 Å². The predicted molar refractivity (Wildman–Crippen MR) is 80.1 cm³/mol. The average molecular weight is 289 g/mol. The first-order valence-electron chi connectivity index (χ1n) is 5.79. The molecule has 0 aliphatic rings. The molecule has 2 N–H and O–H groups in total. The van der Waals surface area contributed by atoms with Gasteiger partial charge in [0.05, 0.1) is 11.1 Å². The van der Waals surface area contributed by atoms with Crippen molar-refractivity contribution < 1.29 is 0 Å². The molecule has 19 heavy (non-hydrogen) atoms. The Labute approximate surface area is 122 Å². The van der Waals surface area contributed by atoms with Crippen molar-refractivity contribution in [3.05, 3.63) is 65.2 Å². The van der Waals surface area contributed by atoms with Gasteiger partial charge in [0.25, 0.3) is 0 Å². The first kappa shape index (κ1) is 14.0. The lowest BCUT2D eigenvalue weighted by Gasteiger charge is -2.21. The number of hydrogen-bond acceptors (Lipinski definition) is 3. The second-order valence-electron chi connectivity index (χ2n) is 4.17. The molecule has 0 radical (unpaired) electrons. The van der Waals surface area contributed by atoms with E-state index < -0.39 is 5.54 Å². The summed E-state index contributed by atoms with van der Waals surface area (Å²) >= 11 is 7.59. The van der Waals surface area contributed by atoms with Crippen LogP contribution in [0.2, 0.25) is 5.02 Å². The van der Waals surface area contributed by atoms with Gasteiger partial charge < -0.3 is 5.73 Å². The average Bonchev–Trinajstić information content (AvgIpc) is 2.47. The Morgan fingerprint density at radius 3 is 2.37 bits per heavy atom. The fourth-order valence-corrected chi connectivity index (χ4v) is 2.96. The third-order valence-electron chi connectivity index (χ3n) is 2.78. The summed E-state index contributed by atoms with van der Waals surface area (Å²) < 4.78 is 0. The van der Waals surface area contributed by atoms with Crippen molar-refractivity contribution in [2.24, 2.45) is 5.73 Å². The fraction of sp³-hybridized carbons (Fsp3) is 0.133. The van der Waals surface area contributed by atoms with Crippen molar-refractivity contribution in [2.75, 3.05) is 5.75 Å². The smallest absolute Gasteiger partial charge is 0.139 e. The highest BCUT2D eigenvalue weighted by Crippen LogP contribution is 2.31. The van der Waals surface area contributed by atoms with E-state index in [1.54, 1.807) is 0 Å². The number of nitrogens with two attached hydrogens (primary N) is 1. The maximum Gasteiger partial charge on any atom is 0.139 e. The molecule has 2 aromatic rings. The molecule has 0 aromatic heterocycles. The summed E-state index contributed by atoms with van der Waals surface area (Å²) in [7, 11) is 0. The minimum absolute atomic E-state index is 0.456. The van der Waals surface area contributed by atoms with E-state index in [0.717, 1.165) is 10.5 Å². The molecular formula is C15H13ClN2S. The molecule has 0 bridgehead atoms. The molecule has 2 nitrogen and oxygen atoms in total.